The first-order valence-corrected chi connectivity index (χ1v) is 8.20. The van der Waals surface area contributed by atoms with Gasteiger partial charge in [-0.25, -0.2) is 0 Å². The van der Waals surface area contributed by atoms with E-state index in [1.807, 2.05) is 0 Å². The predicted octanol–water partition coefficient (Wildman–Crippen LogP) is 2.96. The molecule has 118 valence electrons. The maximum absolute atomic E-state index is 12.6. The second-order valence-electron chi connectivity index (χ2n) is 5.10. The van der Waals surface area contributed by atoms with Crippen molar-refractivity contribution in [2.75, 3.05) is 19.8 Å². The second kappa shape index (κ2) is 6.83. The minimum Gasteiger partial charge on any atom is -0.467 e. The number of carbonyl (C=O) groups excluding carboxylic acids is 1. The van der Waals surface area contributed by atoms with Crippen molar-refractivity contribution >= 4 is 28.8 Å². The number of morpholine rings is 1. The number of amides is 1. The van der Waals surface area contributed by atoms with Gasteiger partial charge in [-0.2, -0.15) is 0 Å². The second-order valence-corrected chi connectivity index (χ2v) is 6.81. The van der Waals surface area contributed by atoms with Crippen LogP contribution in [-0.4, -0.2) is 41.7 Å². The highest BCUT2D eigenvalue weighted by Gasteiger charge is 2.31. The molecule has 1 aliphatic rings. The molecule has 0 saturated carbocycles. The number of aliphatic hydroxyl groups excluding tert-OH is 1. The summed E-state index contributed by atoms with van der Waals surface area (Å²) in [4.78, 5) is 15.0. The quantitative estimate of drug-likeness (QED) is 0.928. The summed E-state index contributed by atoms with van der Waals surface area (Å²) in [6.07, 6.45) is 1.13. The van der Waals surface area contributed by atoms with Crippen LogP contribution in [0.4, 0.5) is 0 Å². The lowest BCUT2D eigenvalue weighted by Gasteiger charge is -2.36. The molecule has 0 aromatic carbocycles. The fraction of sp³-hybridized carbons (Fsp3) is 0.400. The fourth-order valence-corrected chi connectivity index (χ4v) is 3.54. The average Bonchev–Trinajstić information content (AvgIpc) is 3.18. The maximum atomic E-state index is 12.6. The molecular weight excluding hydrogens is 326 g/mol. The summed E-state index contributed by atoms with van der Waals surface area (Å²) in [7, 11) is 0. The lowest BCUT2D eigenvalue weighted by molar-refractivity contribution is -0.0193. The van der Waals surface area contributed by atoms with Gasteiger partial charge in [0.25, 0.3) is 5.91 Å². The standard InChI is InChI=1S/C15H16ClNO4S/c16-14-4-3-13(22-14)15(19)17-5-7-20-9-10(17)8-11(18)12-2-1-6-21-12/h1-4,6,10-11,18H,5,7-9H2/t10-,11+/m0/s1. The van der Waals surface area contributed by atoms with E-state index in [1.54, 1.807) is 29.2 Å². The first-order valence-electron chi connectivity index (χ1n) is 7.00. The van der Waals surface area contributed by atoms with Gasteiger partial charge < -0.3 is 19.2 Å². The van der Waals surface area contributed by atoms with Crippen LogP contribution in [-0.2, 0) is 4.74 Å². The zero-order valence-corrected chi connectivity index (χ0v) is 13.3. The molecule has 0 unspecified atom stereocenters. The van der Waals surface area contributed by atoms with Gasteiger partial charge in [0.05, 0.1) is 34.7 Å². The molecule has 7 heteroatoms. The Hall–Kier alpha value is -1.34. The van der Waals surface area contributed by atoms with Crippen LogP contribution < -0.4 is 0 Å². The van der Waals surface area contributed by atoms with Gasteiger partial charge in [0, 0.05) is 13.0 Å². The van der Waals surface area contributed by atoms with E-state index in [4.69, 9.17) is 20.8 Å². The number of nitrogens with zero attached hydrogens (tertiary/aromatic N) is 1. The number of aliphatic hydroxyl groups is 1. The van der Waals surface area contributed by atoms with Gasteiger partial charge in [-0.15, -0.1) is 11.3 Å². The molecule has 5 nitrogen and oxygen atoms in total. The molecule has 0 bridgehead atoms. The van der Waals surface area contributed by atoms with Gasteiger partial charge in [0.2, 0.25) is 0 Å². The third kappa shape index (κ3) is 3.35. The molecule has 3 heterocycles. The first kappa shape index (κ1) is 15.6. The van der Waals surface area contributed by atoms with Crippen molar-refractivity contribution in [3.8, 4) is 0 Å². The number of rotatable bonds is 4. The Morgan fingerprint density at radius 2 is 2.36 bits per heavy atom. The molecule has 1 saturated heterocycles. The summed E-state index contributed by atoms with van der Waals surface area (Å²) in [5, 5.41) is 10.2. The lowest BCUT2D eigenvalue weighted by Crippen LogP contribution is -2.49. The Labute approximate surface area is 137 Å². The molecule has 1 aliphatic heterocycles. The van der Waals surface area contributed by atoms with Crippen LogP contribution in [0.2, 0.25) is 4.34 Å². The van der Waals surface area contributed by atoms with E-state index in [-0.39, 0.29) is 11.9 Å². The smallest absolute Gasteiger partial charge is 0.264 e. The highest BCUT2D eigenvalue weighted by molar-refractivity contribution is 7.17. The molecule has 1 amide bonds. The molecule has 2 aromatic heterocycles. The fourth-order valence-electron chi connectivity index (χ4n) is 2.54. The number of ether oxygens (including phenoxy) is 1. The van der Waals surface area contributed by atoms with Crippen molar-refractivity contribution in [1.82, 2.24) is 4.90 Å². The summed E-state index contributed by atoms with van der Waals surface area (Å²) in [5.74, 6) is 0.425. The summed E-state index contributed by atoms with van der Waals surface area (Å²) in [6, 6.07) is 6.70. The van der Waals surface area contributed by atoms with Crippen molar-refractivity contribution in [3.05, 3.63) is 45.5 Å². The third-order valence-electron chi connectivity index (χ3n) is 3.64. The Bertz CT molecular complexity index is 627. The molecule has 1 fully saturated rings. The van der Waals surface area contributed by atoms with Gasteiger partial charge in [0.15, 0.2) is 0 Å². The van der Waals surface area contributed by atoms with E-state index in [1.165, 1.54) is 17.6 Å². The van der Waals surface area contributed by atoms with Gasteiger partial charge in [0.1, 0.15) is 11.9 Å². The molecule has 0 spiro atoms. The molecule has 2 aromatic rings. The Balaban J connectivity index is 1.72. The molecule has 0 radical (unpaired) electrons. The van der Waals surface area contributed by atoms with Crippen molar-refractivity contribution in [1.29, 1.82) is 0 Å². The zero-order chi connectivity index (χ0) is 15.5. The predicted molar refractivity (Wildman–Crippen MR) is 83.3 cm³/mol. The highest BCUT2D eigenvalue weighted by atomic mass is 35.5. The van der Waals surface area contributed by atoms with Crippen LogP contribution >= 0.6 is 22.9 Å². The largest absolute Gasteiger partial charge is 0.467 e. The minimum absolute atomic E-state index is 0.0724. The van der Waals surface area contributed by atoms with E-state index in [0.717, 1.165) is 0 Å². The van der Waals surface area contributed by atoms with Crippen LogP contribution in [0.3, 0.4) is 0 Å². The maximum Gasteiger partial charge on any atom is 0.264 e. The van der Waals surface area contributed by atoms with Crippen LogP contribution in [0.15, 0.2) is 34.9 Å². The van der Waals surface area contributed by atoms with Crippen LogP contribution in [0.25, 0.3) is 0 Å². The van der Waals surface area contributed by atoms with E-state index < -0.39 is 6.10 Å². The minimum atomic E-state index is -0.760. The van der Waals surface area contributed by atoms with Gasteiger partial charge in [-0.3, -0.25) is 4.79 Å². The first-order chi connectivity index (χ1) is 10.6. The molecule has 0 aliphatic carbocycles. The van der Waals surface area contributed by atoms with Gasteiger partial charge >= 0.3 is 0 Å². The highest BCUT2D eigenvalue weighted by Crippen LogP contribution is 2.27. The summed E-state index contributed by atoms with van der Waals surface area (Å²) in [5.41, 5.74) is 0. The number of thiophene rings is 1. The summed E-state index contributed by atoms with van der Waals surface area (Å²) < 4.78 is 11.3. The molecule has 3 rings (SSSR count). The summed E-state index contributed by atoms with van der Waals surface area (Å²) in [6.45, 7) is 1.41. The van der Waals surface area contributed by atoms with Crippen LogP contribution in [0.1, 0.15) is 28.0 Å². The van der Waals surface area contributed by atoms with Gasteiger partial charge in [-0.05, 0) is 24.3 Å². The number of carbonyl (C=O) groups is 1. The SMILES string of the molecule is O=C(c1ccc(Cl)s1)N1CCOC[C@@H]1C[C@@H](O)c1ccco1. The van der Waals surface area contributed by atoms with Crippen LogP contribution in [0.5, 0.6) is 0 Å². The topological polar surface area (TPSA) is 62.9 Å². The van der Waals surface area contributed by atoms with Crippen molar-refractivity contribution in [2.24, 2.45) is 0 Å². The van der Waals surface area contributed by atoms with Crippen LogP contribution in [0, 0.1) is 0 Å². The molecule has 22 heavy (non-hydrogen) atoms. The Kier molecular flexibility index (Phi) is 4.83. The molecule has 2 atom stereocenters. The Morgan fingerprint density at radius 1 is 1.50 bits per heavy atom. The lowest BCUT2D eigenvalue weighted by atomic mass is 10.1. The molecule has 1 N–H and O–H groups in total. The van der Waals surface area contributed by atoms with E-state index in [9.17, 15) is 9.90 Å². The molecular formula is C15H16ClNO4S. The van der Waals surface area contributed by atoms with Crippen molar-refractivity contribution in [3.63, 3.8) is 0 Å². The van der Waals surface area contributed by atoms with Crippen molar-refractivity contribution < 1.29 is 19.1 Å². The average molecular weight is 342 g/mol. The number of furan rings is 1. The van der Waals surface area contributed by atoms with E-state index in [2.05, 4.69) is 0 Å². The van der Waals surface area contributed by atoms with Crippen molar-refractivity contribution in [2.45, 2.75) is 18.6 Å². The monoisotopic (exact) mass is 341 g/mol. The van der Waals surface area contributed by atoms with E-state index >= 15 is 0 Å². The zero-order valence-electron chi connectivity index (χ0n) is 11.8. The summed E-state index contributed by atoms with van der Waals surface area (Å²) >= 11 is 7.16. The number of halogens is 1. The number of hydrogen-bond acceptors (Lipinski definition) is 5. The third-order valence-corrected chi connectivity index (χ3v) is 4.86. The Morgan fingerprint density at radius 3 is 3.05 bits per heavy atom. The van der Waals surface area contributed by atoms with Gasteiger partial charge in [-0.1, -0.05) is 11.6 Å². The number of hydrogen-bond donors (Lipinski definition) is 1. The van der Waals surface area contributed by atoms with E-state index in [0.29, 0.717) is 41.2 Å². The normalized spacial score (nSPS) is 20.1.